The highest BCUT2D eigenvalue weighted by Crippen LogP contribution is 2.78. The van der Waals surface area contributed by atoms with E-state index in [0.717, 1.165) is 112 Å². The van der Waals surface area contributed by atoms with Crippen LogP contribution in [0.25, 0.3) is 0 Å². The third-order valence-corrected chi connectivity index (χ3v) is 21.8. The minimum Gasteiger partial charge on any atom is -0.487 e. The minimum absolute atomic E-state index is 0.0665. The number of allylic oxidation sites excluding steroid dienone is 1. The highest BCUT2D eigenvalue weighted by molar-refractivity contribution is 5.62. The third kappa shape index (κ3) is 6.51. The van der Waals surface area contributed by atoms with Gasteiger partial charge < -0.3 is 39.2 Å². The lowest BCUT2D eigenvalue weighted by atomic mass is 9.32. The molecule has 0 aromatic heterocycles. The molecule has 13 rings (SSSR count). The van der Waals surface area contributed by atoms with Crippen LogP contribution in [0.3, 0.4) is 0 Å². The molecule has 0 radical (unpaired) electrons. The predicted octanol–water partition coefficient (Wildman–Crippen LogP) is 9.35. The van der Waals surface area contributed by atoms with E-state index in [1.807, 2.05) is 14.0 Å². The van der Waals surface area contributed by atoms with Gasteiger partial charge in [0.15, 0.2) is 11.5 Å². The van der Waals surface area contributed by atoms with E-state index in [4.69, 9.17) is 30.1 Å². The molecule has 1 aromatic carbocycles. The van der Waals surface area contributed by atoms with Crippen molar-refractivity contribution in [1.29, 1.82) is 0 Å². The summed E-state index contributed by atoms with van der Waals surface area (Å²) in [7, 11) is 3.67. The maximum Gasteiger partial charge on any atom is 0.165 e. The largest absolute Gasteiger partial charge is 0.487 e. The van der Waals surface area contributed by atoms with Gasteiger partial charge >= 0.3 is 0 Å². The molecule has 12 aliphatic rings. The first-order chi connectivity index (χ1) is 32.3. The summed E-state index contributed by atoms with van der Waals surface area (Å²) in [5, 5.41) is 30.6. The molecule has 10 aliphatic carbocycles. The molecule has 12 atom stereocenters. The van der Waals surface area contributed by atoms with Crippen LogP contribution in [-0.4, -0.2) is 110 Å². The number of ether oxygens (including phenoxy) is 5. The standard InChI is InChI=1S/C59H86N2O7/c1-11-42-41(13-12-30-64-9)33-46-55-23-25-58(45(35-55)53(8,63)52(5,6)7,49(62)56(42,55)27-29-61(46)37-39-16-17-39)67-32-31-66-43-19-18-40-20-21-54-22-24-59(65-10,44(34-54)51(2,3)4)50-57(54,47(40)48(43)68-50)26-28-60-36-38-14-15-38/h1,12-13,18-19,38-39,44-46,49-50,60,62-63H,14-17,20-37H2,2-10H3/b13-12-/t44?,45-,46-,49+,50+,53+,54?,55-,56+,57+,58+,59+/m1/s1. The molecule has 68 heavy (non-hydrogen) atoms. The molecule has 2 heterocycles. The molecular formula is C59H86N2O7. The van der Waals surface area contributed by atoms with Crippen LogP contribution < -0.4 is 14.8 Å². The number of benzene rings is 1. The smallest absolute Gasteiger partial charge is 0.165 e. The molecule has 3 N–H and O–H groups in total. The highest BCUT2D eigenvalue weighted by Gasteiger charge is 2.80. The van der Waals surface area contributed by atoms with Gasteiger partial charge in [-0.15, -0.1) is 6.42 Å². The van der Waals surface area contributed by atoms with Crippen LogP contribution in [0, 0.1) is 63.1 Å². The molecule has 6 bridgehead atoms. The van der Waals surface area contributed by atoms with Crippen LogP contribution >= 0.6 is 0 Å². The maximum absolute atomic E-state index is 13.7. The second-order valence-corrected chi connectivity index (χ2v) is 26.5. The molecule has 8 saturated carbocycles. The number of fused-ring (bicyclic) bond motifs is 4. The Kier molecular flexibility index (Phi) is 11.5. The Bertz CT molecular complexity index is 2240. The lowest BCUT2D eigenvalue weighted by molar-refractivity contribution is -0.343. The van der Waals surface area contributed by atoms with Crippen molar-refractivity contribution < 1.29 is 33.9 Å². The van der Waals surface area contributed by atoms with E-state index in [9.17, 15) is 10.2 Å². The average Bonchev–Trinajstić information content (AvgIpc) is 4.26. The number of hydrogen-bond acceptors (Lipinski definition) is 9. The molecule has 9 nitrogen and oxygen atoms in total. The molecule has 1 aromatic rings. The van der Waals surface area contributed by atoms with E-state index in [1.165, 1.54) is 49.7 Å². The topological polar surface area (TPSA) is 102 Å². The minimum atomic E-state index is -1.15. The van der Waals surface area contributed by atoms with E-state index in [1.54, 1.807) is 7.11 Å². The Labute approximate surface area is 409 Å². The zero-order valence-electron chi connectivity index (χ0n) is 43.4. The molecule has 0 amide bonds. The number of aliphatic hydroxyl groups is 2. The summed E-state index contributed by atoms with van der Waals surface area (Å²) >= 11 is 0. The van der Waals surface area contributed by atoms with Gasteiger partial charge in [-0.1, -0.05) is 65.7 Å². The fourth-order valence-electron chi connectivity index (χ4n) is 17.8. The molecule has 9 fully saturated rings. The number of nitrogens with one attached hydrogen (secondary N) is 1. The summed E-state index contributed by atoms with van der Waals surface area (Å²) in [4.78, 5) is 2.76. The third-order valence-electron chi connectivity index (χ3n) is 21.8. The molecule has 1 saturated heterocycles. The molecule has 2 spiro atoms. The van der Waals surface area contributed by atoms with Crippen LogP contribution in [0.5, 0.6) is 11.5 Å². The van der Waals surface area contributed by atoms with Gasteiger partial charge in [-0.25, -0.2) is 0 Å². The first-order valence-electron chi connectivity index (χ1n) is 27.2. The van der Waals surface area contributed by atoms with E-state index in [-0.39, 0.29) is 46.3 Å². The Morgan fingerprint density at radius 3 is 2.38 bits per heavy atom. The molecular weight excluding hydrogens is 849 g/mol. The zero-order chi connectivity index (χ0) is 47.9. The molecule has 9 heteroatoms. The van der Waals surface area contributed by atoms with Crippen molar-refractivity contribution >= 4 is 0 Å². The Morgan fingerprint density at radius 1 is 0.926 bits per heavy atom. The fourth-order valence-corrected chi connectivity index (χ4v) is 17.8. The van der Waals surface area contributed by atoms with Crippen molar-refractivity contribution in [3.8, 4) is 23.8 Å². The van der Waals surface area contributed by atoms with Gasteiger partial charge in [0.1, 0.15) is 23.9 Å². The normalized spacial score (nSPS) is 41.1. The first kappa shape index (κ1) is 47.9. The van der Waals surface area contributed by atoms with Crippen LogP contribution in [0.1, 0.15) is 149 Å². The second-order valence-electron chi connectivity index (χ2n) is 26.5. The van der Waals surface area contributed by atoms with Gasteiger partial charge in [0, 0.05) is 54.7 Å². The van der Waals surface area contributed by atoms with E-state index in [2.05, 4.69) is 82.0 Å². The van der Waals surface area contributed by atoms with Crippen molar-refractivity contribution in [2.75, 3.05) is 60.2 Å². The number of nitrogens with zero attached hydrogens (tertiary/aromatic N) is 1. The summed E-state index contributed by atoms with van der Waals surface area (Å²) in [5.74, 6) is 6.57. The number of aliphatic hydroxyl groups excluding tert-OH is 1. The number of rotatable bonds is 17. The lowest BCUT2D eigenvalue weighted by Gasteiger charge is -2.77. The lowest BCUT2D eigenvalue weighted by Crippen LogP contribution is -2.82. The maximum atomic E-state index is 13.7. The first-order valence-corrected chi connectivity index (χ1v) is 27.2. The van der Waals surface area contributed by atoms with Gasteiger partial charge in [0.2, 0.25) is 0 Å². The number of aryl methyl sites for hydroxylation is 1. The van der Waals surface area contributed by atoms with Gasteiger partial charge in [0.05, 0.1) is 24.9 Å². The SMILES string of the molecule is C#CC1=C(/C=C\COC)C[C@H]2N(CC3CC3)CC[C@@]13[C@H](O)[C@]1(OCCOc4ccc5c6c4O[C@@H]4[C@]7(OC)CCC(CC5)(CC7C(C)(C)C)[C@@]64CCNCC4CC4)CC[C@@]23C[C@@H]1[C@](C)(O)C(C)(C)C. The predicted molar refractivity (Wildman–Crippen MR) is 267 cm³/mol. The van der Waals surface area contributed by atoms with Crippen LogP contribution in [0.2, 0.25) is 0 Å². The van der Waals surface area contributed by atoms with Gasteiger partial charge in [-0.3, -0.25) is 4.90 Å². The Morgan fingerprint density at radius 2 is 1.69 bits per heavy atom. The summed E-state index contributed by atoms with van der Waals surface area (Å²) in [5.41, 5.74) is 0.908. The molecule has 2 unspecified atom stereocenters. The van der Waals surface area contributed by atoms with Crippen molar-refractivity contribution in [2.24, 2.45) is 50.7 Å². The van der Waals surface area contributed by atoms with Crippen molar-refractivity contribution in [3.63, 3.8) is 0 Å². The molecule has 2 aliphatic heterocycles. The number of likely N-dealkylation sites (tertiary alicyclic amines) is 1. The fraction of sp³-hybridized carbons (Fsp3) is 0.797. The van der Waals surface area contributed by atoms with Crippen LogP contribution in [0.4, 0.5) is 0 Å². The summed E-state index contributed by atoms with van der Waals surface area (Å²) < 4.78 is 34.3. The summed E-state index contributed by atoms with van der Waals surface area (Å²) in [6.07, 6.45) is 25.8. The number of hydrogen-bond donors (Lipinski definition) is 3. The molecule has 374 valence electrons. The van der Waals surface area contributed by atoms with Gasteiger partial charge in [-0.2, -0.15) is 0 Å². The second kappa shape index (κ2) is 16.3. The van der Waals surface area contributed by atoms with E-state index in [0.29, 0.717) is 25.6 Å². The van der Waals surface area contributed by atoms with Crippen LogP contribution in [-0.2, 0) is 26.0 Å². The summed E-state index contributed by atoms with van der Waals surface area (Å²) in [6, 6.07) is 4.70. The monoisotopic (exact) mass is 935 g/mol. The quantitative estimate of drug-likeness (QED) is 0.104. The van der Waals surface area contributed by atoms with Crippen LogP contribution in [0.15, 0.2) is 35.4 Å². The number of methoxy groups -OCH3 is 2. The Hall–Kier alpha value is -2.42. The zero-order valence-corrected chi connectivity index (χ0v) is 43.4. The van der Waals surface area contributed by atoms with Gasteiger partial charge in [-0.05, 0) is 179 Å². The summed E-state index contributed by atoms with van der Waals surface area (Å²) in [6.45, 7) is 20.8. The van der Waals surface area contributed by atoms with E-state index >= 15 is 0 Å². The highest BCUT2D eigenvalue weighted by atomic mass is 16.6. The van der Waals surface area contributed by atoms with Crippen molar-refractivity contribution in [2.45, 2.75) is 185 Å². The van der Waals surface area contributed by atoms with Crippen molar-refractivity contribution in [3.05, 3.63) is 46.6 Å². The number of piperidine rings is 1. The number of terminal acetylenes is 1. The van der Waals surface area contributed by atoms with E-state index < -0.39 is 33.7 Å². The Balaban J connectivity index is 0.932. The van der Waals surface area contributed by atoms with Gasteiger partial charge in [0.25, 0.3) is 0 Å². The average molecular weight is 935 g/mol. The van der Waals surface area contributed by atoms with Crippen molar-refractivity contribution in [1.82, 2.24) is 10.2 Å².